The number of rotatable bonds is 2. The van der Waals surface area contributed by atoms with Crippen molar-refractivity contribution in [3.63, 3.8) is 0 Å². The molecule has 1 fully saturated rings. The molecule has 0 amide bonds. The summed E-state index contributed by atoms with van der Waals surface area (Å²) in [6.07, 6.45) is 9.35. The lowest BCUT2D eigenvalue weighted by atomic mass is 9.86. The second-order valence-electron chi connectivity index (χ2n) is 4.23. The molecule has 0 saturated heterocycles. The van der Waals surface area contributed by atoms with Gasteiger partial charge in [0, 0.05) is 0 Å². The normalized spacial score (nSPS) is 17.9. The van der Waals surface area contributed by atoms with Gasteiger partial charge in [-0.2, -0.15) is 0 Å². The highest BCUT2D eigenvalue weighted by atomic mass is 79.9. The molecule has 82 valence electrons. The minimum atomic E-state index is 0.587. The molecule has 1 aliphatic rings. The molecule has 4 heteroatoms. The van der Waals surface area contributed by atoms with E-state index in [4.69, 9.17) is 5.73 Å². The topological polar surface area (TPSA) is 51.8 Å². The predicted molar refractivity (Wildman–Crippen MR) is 64.4 cm³/mol. The average Bonchev–Trinajstić information content (AvgIpc) is 2.25. The quantitative estimate of drug-likeness (QED) is 0.898. The van der Waals surface area contributed by atoms with Crippen LogP contribution in [0.3, 0.4) is 0 Å². The highest BCUT2D eigenvalue weighted by Gasteiger charge is 2.16. The first-order valence-electron chi connectivity index (χ1n) is 5.52. The van der Waals surface area contributed by atoms with Crippen molar-refractivity contribution in [2.75, 3.05) is 5.73 Å². The van der Waals surface area contributed by atoms with Crippen molar-refractivity contribution in [3.05, 3.63) is 16.5 Å². The molecule has 0 radical (unpaired) electrons. The zero-order valence-electron chi connectivity index (χ0n) is 8.75. The Bertz CT molecular complexity index is 335. The molecule has 1 aromatic heterocycles. The summed E-state index contributed by atoms with van der Waals surface area (Å²) in [6.45, 7) is 0. The summed E-state index contributed by atoms with van der Waals surface area (Å²) >= 11 is 3.33. The van der Waals surface area contributed by atoms with Gasteiger partial charge in [-0.3, -0.25) is 0 Å². The van der Waals surface area contributed by atoms with Crippen molar-refractivity contribution >= 4 is 21.7 Å². The monoisotopic (exact) mass is 269 g/mol. The molecule has 2 N–H and O–H groups in total. The van der Waals surface area contributed by atoms with Crippen LogP contribution in [0.2, 0.25) is 0 Å². The smallest absolute Gasteiger partial charge is 0.145 e. The molecule has 0 spiro atoms. The number of hydrogen-bond donors (Lipinski definition) is 1. The minimum absolute atomic E-state index is 0.587. The van der Waals surface area contributed by atoms with Crippen LogP contribution in [-0.2, 0) is 6.42 Å². The summed E-state index contributed by atoms with van der Waals surface area (Å²) in [5, 5.41) is 0. The van der Waals surface area contributed by atoms with Crippen molar-refractivity contribution in [1.29, 1.82) is 0 Å². The Kier molecular flexibility index (Phi) is 3.57. The molecule has 2 rings (SSSR count). The van der Waals surface area contributed by atoms with Crippen LogP contribution >= 0.6 is 15.9 Å². The van der Waals surface area contributed by atoms with E-state index in [1.165, 1.54) is 32.1 Å². The highest BCUT2D eigenvalue weighted by Crippen LogP contribution is 2.27. The van der Waals surface area contributed by atoms with E-state index in [0.717, 1.165) is 22.6 Å². The highest BCUT2D eigenvalue weighted by molar-refractivity contribution is 9.10. The van der Waals surface area contributed by atoms with Crippen molar-refractivity contribution in [3.8, 4) is 0 Å². The van der Waals surface area contributed by atoms with Gasteiger partial charge < -0.3 is 5.73 Å². The van der Waals surface area contributed by atoms with Crippen LogP contribution in [0.25, 0.3) is 0 Å². The van der Waals surface area contributed by atoms with E-state index >= 15 is 0 Å². The number of nitrogens with zero attached hydrogens (tertiary/aromatic N) is 2. The number of nitrogen functional groups attached to an aromatic ring is 1. The molecule has 0 unspecified atom stereocenters. The molecule has 0 atom stereocenters. The fourth-order valence-electron chi connectivity index (χ4n) is 2.23. The van der Waals surface area contributed by atoms with Gasteiger partial charge in [-0.1, -0.05) is 32.1 Å². The van der Waals surface area contributed by atoms with E-state index < -0.39 is 0 Å². The zero-order chi connectivity index (χ0) is 10.7. The van der Waals surface area contributed by atoms with Gasteiger partial charge in [-0.25, -0.2) is 9.97 Å². The van der Waals surface area contributed by atoms with Crippen LogP contribution in [0, 0.1) is 5.92 Å². The van der Waals surface area contributed by atoms with E-state index in [9.17, 15) is 0 Å². The van der Waals surface area contributed by atoms with Gasteiger partial charge in [0.2, 0.25) is 0 Å². The van der Waals surface area contributed by atoms with Gasteiger partial charge in [0.25, 0.3) is 0 Å². The third-order valence-electron chi connectivity index (χ3n) is 3.05. The fourth-order valence-corrected chi connectivity index (χ4v) is 2.54. The van der Waals surface area contributed by atoms with E-state index in [1.54, 1.807) is 6.20 Å². The van der Waals surface area contributed by atoms with Gasteiger partial charge in [0.05, 0.1) is 11.9 Å². The maximum atomic E-state index is 5.81. The Morgan fingerprint density at radius 3 is 2.80 bits per heavy atom. The summed E-state index contributed by atoms with van der Waals surface area (Å²) in [7, 11) is 0. The molecular weight excluding hydrogens is 254 g/mol. The van der Waals surface area contributed by atoms with Gasteiger partial charge in [-0.15, -0.1) is 0 Å². The largest absolute Gasteiger partial charge is 0.382 e. The first kappa shape index (κ1) is 10.9. The number of nitrogens with two attached hydrogens (primary N) is 1. The van der Waals surface area contributed by atoms with Crippen LogP contribution in [0.4, 0.5) is 5.82 Å². The maximum absolute atomic E-state index is 5.81. The van der Waals surface area contributed by atoms with Crippen molar-refractivity contribution in [1.82, 2.24) is 9.97 Å². The van der Waals surface area contributed by atoms with E-state index in [2.05, 4.69) is 25.9 Å². The Morgan fingerprint density at radius 2 is 2.07 bits per heavy atom. The van der Waals surface area contributed by atoms with Crippen LogP contribution in [-0.4, -0.2) is 9.97 Å². The summed E-state index contributed by atoms with van der Waals surface area (Å²) in [5.41, 5.74) is 6.77. The van der Waals surface area contributed by atoms with E-state index in [0.29, 0.717) is 5.82 Å². The van der Waals surface area contributed by atoms with Crippen LogP contribution < -0.4 is 5.73 Å². The number of halogens is 1. The lowest BCUT2D eigenvalue weighted by molar-refractivity contribution is 0.354. The maximum Gasteiger partial charge on any atom is 0.145 e. The van der Waals surface area contributed by atoms with Gasteiger partial charge in [0.1, 0.15) is 10.4 Å². The fraction of sp³-hybridized carbons (Fsp3) is 0.636. The van der Waals surface area contributed by atoms with Crippen molar-refractivity contribution < 1.29 is 0 Å². The molecule has 1 aromatic rings. The second kappa shape index (κ2) is 4.92. The predicted octanol–water partition coefficient (Wildman–Crippen LogP) is 2.94. The van der Waals surface area contributed by atoms with Crippen LogP contribution in [0.1, 0.15) is 37.8 Å². The Balaban J connectivity index is 2.05. The number of hydrogen-bond acceptors (Lipinski definition) is 3. The van der Waals surface area contributed by atoms with Crippen molar-refractivity contribution in [2.24, 2.45) is 5.92 Å². The summed E-state index contributed by atoms with van der Waals surface area (Å²) in [6, 6.07) is 0. The van der Waals surface area contributed by atoms with E-state index in [1.807, 2.05) is 0 Å². The SMILES string of the molecule is Nc1ncc(Br)nc1CC1CCCCC1. The molecule has 3 nitrogen and oxygen atoms in total. The number of anilines is 1. The molecule has 1 saturated carbocycles. The van der Waals surface area contributed by atoms with Crippen LogP contribution in [0.5, 0.6) is 0 Å². The zero-order valence-corrected chi connectivity index (χ0v) is 10.3. The van der Waals surface area contributed by atoms with Gasteiger partial charge >= 0.3 is 0 Å². The lowest BCUT2D eigenvalue weighted by Gasteiger charge is -2.21. The third kappa shape index (κ3) is 2.91. The summed E-state index contributed by atoms with van der Waals surface area (Å²) < 4.78 is 0.780. The van der Waals surface area contributed by atoms with E-state index in [-0.39, 0.29) is 0 Å². The third-order valence-corrected chi connectivity index (χ3v) is 3.44. The summed E-state index contributed by atoms with van der Waals surface area (Å²) in [4.78, 5) is 8.51. The molecule has 15 heavy (non-hydrogen) atoms. The minimum Gasteiger partial charge on any atom is -0.382 e. The Morgan fingerprint density at radius 1 is 1.33 bits per heavy atom. The first-order chi connectivity index (χ1) is 7.25. The number of aromatic nitrogens is 2. The Labute approximate surface area is 98.6 Å². The average molecular weight is 270 g/mol. The van der Waals surface area contributed by atoms with Gasteiger partial charge in [-0.05, 0) is 28.3 Å². The first-order valence-corrected chi connectivity index (χ1v) is 6.32. The van der Waals surface area contributed by atoms with Crippen molar-refractivity contribution in [2.45, 2.75) is 38.5 Å². The van der Waals surface area contributed by atoms with Gasteiger partial charge in [0.15, 0.2) is 0 Å². The van der Waals surface area contributed by atoms with Crippen LogP contribution in [0.15, 0.2) is 10.8 Å². The molecule has 0 aliphatic heterocycles. The standard InChI is InChI=1S/C11H16BrN3/c12-10-7-14-11(13)9(15-10)6-8-4-2-1-3-5-8/h7-8H,1-6H2,(H2,13,14). The molecular formula is C11H16BrN3. The second-order valence-corrected chi connectivity index (χ2v) is 5.05. The molecule has 1 aliphatic carbocycles. The Hall–Kier alpha value is -0.640. The molecule has 1 heterocycles. The molecule has 0 aromatic carbocycles. The molecule has 0 bridgehead atoms. The lowest BCUT2D eigenvalue weighted by Crippen LogP contribution is -2.12. The summed E-state index contributed by atoms with van der Waals surface area (Å²) in [5.74, 6) is 1.34.